The first kappa shape index (κ1) is 22.5. The lowest BCUT2D eigenvalue weighted by Gasteiger charge is -2.10. The molecule has 0 saturated heterocycles. The molecule has 3 rings (SSSR count). The van der Waals surface area contributed by atoms with Gasteiger partial charge in [-0.15, -0.1) is 11.3 Å². The number of thiazole rings is 1. The third-order valence-corrected chi connectivity index (χ3v) is 5.89. The van der Waals surface area contributed by atoms with Gasteiger partial charge in [0, 0.05) is 23.8 Å². The minimum absolute atomic E-state index is 0.0696. The highest BCUT2D eigenvalue weighted by molar-refractivity contribution is 7.17. The molecule has 0 aliphatic carbocycles. The molecule has 3 N–H and O–H groups in total. The molecular formula is C24H28N4O2S. The van der Waals surface area contributed by atoms with Gasteiger partial charge in [-0.05, 0) is 57.9 Å². The van der Waals surface area contributed by atoms with Crippen molar-refractivity contribution >= 4 is 29.0 Å². The van der Waals surface area contributed by atoms with Gasteiger partial charge in [0.15, 0.2) is 0 Å². The van der Waals surface area contributed by atoms with E-state index >= 15 is 0 Å². The van der Waals surface area contributed by atoms with Gasteiger partial charge in [-0.1, -0.05) is 35.9 Å². The van der Waals surface area contributed by atoms with E-state index in [1.807, 2.05) is 45.0 Å². The van der Waals surface area contributed by atoms with Gasteiger partial charge in [0.25, 0.3) is 5.91 Å². The van der Waals surface area contributed by atoms with Crippen LogP contribution in [-0.4, -0.2) is 23.0 Å². The Labute approximate surface area is 187 Å². The molecule has 6 nitrogen and oxygen atoms in total. The summed E-state index contributed by atoms with van der Waals surface area (Å²) < 4.78 is 0. The van der Waals surface area contributed by atoms with Gasteiger partial charge in [-0.25, -0.2) is 9.78 Å². The fourth-order valence-corrected chi connectivity index (χ4v) is 4.25. The van der Waals surface area contributed by atoms with Gasteiger partial charge < -0.3 is 16.0 Å². The second kappa shape index (κ2) is 9.75. The molecule has 0 aliphatic heterocycles. The quantitative estimate of drug-likeness (QED) is 0.497. The molecule has 1 heterocycles. The SMILES string of the molecule is Cc1ccc(-c2nc(C)c(C(=O)NCc3ccc(NC(=O)NC(C)C)cc3)s2)c(C)c1. The molecule has 3 amide bonds. The van der Waals surface area contributed by atoms with Crippen LogP contribution in [-0.2, 0) is 6.54 Å². The summed E-state index contributed by atoms with van der Waals surface area (Å²) in [6.45, 7) is 10.2. The van der Waals surface area contributed by atoms with E-state index in [2.05, 4.69) is 53.0 Å². The van der Waals surface area contributed by atoms with Crippen molar-refractivity contribution in [2.24, 2.45) is 0 Å². The predicted molar refractivity (Wildman–Crippen MR) is 127 cm³/mol. The number of urea groups is 1. The van der Waals surface area contributed by atoms with Crippen LogP contribution in [0.4, 0.5) is 10.5 Å². The molecule has 0 radical (unpaired) electrons. The van der Waals surface area contributed by atoms with E-state index in [0.717, 1.165) is 27.4 Å². The molecule has 0 fully saturated rings. The van der Waals surface area contributed by atoms with Crippen LogP contribution in [0.1, 0.15) is 45.9 Å². The number of hydrogen-bond acceptors (Lipinski definition) is 4. The number of rotatable bonds is 6. The number of aromatic nitrogens is 1. The number of carbonyl (C=O) groups excluding carboxylic acids is 2. The monoisotopic (exact) mass is 436 g/mol. The summed E-state index contributed by atoms with van der Waals surface area (Å²) in [4.78, 5) is 29.7. The maximum atomic E-state index is 12.7. The Morgan fingerprint density at radius 1 is 1.03 bits per heavy atom. The summed E-state index contributed by atoms with van der Waals surface area (Å²) in [5.41, 5.74) is 5.78. The minimum atomic E-state index is -0.239. The summed E-state index contributed by atoms with van der Waals surface area (Å²) in [5, 5.41) is 9.38. The summed E-state index contributed by atoms with van der Waals surface area (Å²) in [5.74, 6) is -0.135. The lowest BCUT2D eigenvalue weighted by Crippen LogP contribution is -2.34. The second-order valence-electron chi connectivity index (χ2n) is 7.88. The van der Waals surface area contributed by atoms with Crippen molar-refractivity contribution in [3.63, 3.8) is 0 Å². The smallest absolute Gasteiger partial charge is 0.319 e. The molecule has 162 valence electrons. The fraction of sp³-hybridized carbons (Fsp3) is 0.292. The Kier molecular flexibility index (Phi) is 7.07. The van der Waals surface area contributed by atoms with Crippen molar-refractivity contribution < 1.29 is 9.59 Å². The first-order valence-corrected chi connectivity index (χ1v) is 11.0. The van der Waals surface area contributed by atoms with Crippen LogP contribution in [0.25, 0.3) is 10.6 Å². The zero-order valence-electron chi connectivity index (χ0n) is 18.5. The van der Waals surface area contributed by atoms with Gasteiger partial charge >= 0.3 is 6.03 Å². The first-order valence-electron chi connectivity index (χ1n) is 10.2. The van der Waals surface area contributed by atoms with E-state index < -0.39 is 0 Å². The van der Waals surface area contributed by atoms with E-state index in [-0.39, 0.29) is 18.0 Å². The van der Waals surface area contributed by atoms with Crippen LogP contribution in [0, 0.1) is 20.8 Å². The predicted octanol–water partition coefficient (Wildman–Crippen LogP) is 5.20. The molecule has 0 spiro atoms. The average molecular weight is 437 g/mol. The van der Waals surface area contributed by atoms with Crippen LogP contribution in [0.2, 0.25) is 0 Å². The maximum Gasteiger partial charge on any atom is 0.319 e. The van der Waals surface area contributed by atoms with Crippen LogP contribution in [0.15, 0.2) is 42.5 Å². The van der Waals surface area contributed by atoms with Crippen molar-refractivity contribution in [2.75, 3.05) is 5.32 Å². The number of anilines is 1. The van der Waals surface area contributed by atoms with Gasteiger partial charge in [-0.3, -0.25) is 4.79 Å². The fourth-order valence-electron chi connectivity index (χ4n) is 3.17. The van der Waals surface area contributed by atoms with Gasteiger partial charge in [0.05, 0.1) is 5.69 Å². The van der Waals surface area contributed by atoms with Crippen LogP contribution >= 0.6 is 11.3 Å². The van der Waals surface area contributed by atoms with Gasteiger partial charge in [0.2, 0.25) is 0 Å². The number of hydrogen-bond donors (Lipinski definition) is 3. The zero-order valence-corrected chi connectivity index (χ0v) is 19.3. The van der Waals surface area contributed by atoms with E-state index in [0.29, 0.717) is 17.1 Å². The number of amides is 3. The maximum absolute atomic E-state index is 12.7. The first-order chi connectivity index (χ1) is 14.7. The Morgan fingerprint density at radius 2 is 1.74 bits per heavy atom. The third kappa shape index (κ3) is 5.92. The van der Waals surface area contributed by atoms with Crippen molar-refractivity contribution in [3.8, 4) is 10.6 Å². The van der Waals surface area contributed by atoms with Crippen molar-refractivity contribution in [1.29, 1.82) is 0 Å². The largest absolute Gasteiger partial charge is 0.347 e. The minimum Gasteiger partial charge on any atom is -0.347 e. The standard InChI is InChI=1S/C24H28N4O2S/c1-14(2)26-24(30)28-19-9-7-18(8-10-19)13-25-22(29)21-17(5)27-23(31-21)20-11-6-15(3)12-16(20)4/h6-12,14H,13H2,1-5H3,(H,25,29)(H2,26,28,30). The van der Waals surface area contributed by atoms with Gasteiger partial charge in [0.1, 0.15) is 9.88 Å². The van der Waals surface area contributed by atoms with Crippen molar-refractivity contribution in [2.45, 2.75) is 47.2 Å². The molecule has 1 aromatic heterocycles. The number of nitrogens with one attached hydrogen (secondary N) is 3. The molecule has 0 atom stereocenters. The van der Waals surface area contributed by atoms with Crippen molar-refractivity contribution in [1.82, 2.24) is 15.6 Å². The van der Waals surface area contributed by atoms with Crippen LogP contribution < -0.4 is 16.0 Å². The van der Waals surface area contributed by atoms with Crippen LogP contribution in [0.3, 0.4) is 0 Å². The molecule has 2 aromatic carbocycles. The molecule has 0 unspecified atom stereocenters. The number of benzene rings is 2. The normalized spacial score (nSPS) is 10.8. The number of nitrogens with zero attached hydrogens (tertiary/aromatic N) is 1. The summed E-state index contributed by atoms with van der Waals surface area (Å²) >= 11 is 1.41. The van der Waals surface area contributed by atoms with E-state index in [1.165, 1.54) is 16.9 Å². The lowest BCUT2D eigenvalue weighted by atomic mass is 10.1. The molecule has 0 saturated carbocycles. The van der Waals surface area contributed by atoms with E-state index in [9.17, 15) is 9.59 Å². The van der Waals surface area contributed by atoms with E-state index in [1.54, 1.807) is 0 Å². The number of carbonyl (C=O) groups is 2. The Balaban J connectivity index is 1.62. The van der Waals surface area contributed by atoms with Crippen molar-refractivity contribution in [3.05, 3.63) is 69.7 Å². The summed E-state index contributed by atoms with van der Waals surface area (Å²) in [7, 11) is 0. The Bertz CT molecular complexity index is 1090. The second-order valence-corrected chi connectivity index (χ2v) is 8.88. The van der Waals surface area contributed by atoms with Crippen LogP contribution in [0.5, 0.6) is 0 Å². The lowest BCUT2D eigenvalue weighted by molar-refractivity contribution is 0.0954. The highest BCUT2D eigenvalue weighted by Crippen LogP contribution is 2.30. The summed E-state index contributed by atoms with van der Waals surface area (Å²) in [6, 6.07) is 13.5. The molecule has 0 aliphatic rings. The molecule has 7 heteroatoms. The van der Waals surface area contributed by atoms with Gasteiger partial charge in [-0.2, -0.15) is 0 Å². The topological polar surface area (TPSA) is 83.1 Å². The molecular weight excluding hydrogens is 408 g/mol. The Hall–Kier alpha value is -3.19. The Morgan fingerprint density at radius 3 is 2.39 bits per heavy atom. The third-order valence-electron chi connectivity index (χ3n) is 4.70. The molecule has 3 aromatic rings. The van der Waals surface area contributed by atoms with E-state index in [4.69, 9.17) is 0 Å². The molecule has 0 bridgehead atoms. The highest BCUT2D eigenvalue weighted by Gasteiger charge is 2.17. The number of aryl methyl sites for hydroxylation is 3. The highest BCUT2D eigenvalue weighted by atomic mass is 32.1. The summed E-state index contributed by atoms with van der Waals surface area (Å²) in [6.07, 6.45) is 0. The average Bonchev–Trinajstić information content (AvgIpc) is 3.08. The zero-order chi connectivity index (χ0) is 22.5. The molecule has 31 heavy (non-hydrogen) atoms.